The van der Waals surface area contributed by atoms with E-state index in [1.54, 1.807) is 18.3 Å². The third-order valence-corrected chi connectivity index (χ3v) is 7.66. The average molecular weight is 554 g/mol. The molecule has 2 atom stereocenters. The number of aromatic carboxylic acids is 1. The van der Waals surface area contributed by atoms with Crippen LogP contribution in [0.25, 0.3) is 5.69 Å². The zero-order valence-corrected chi connectivity index (χ0v) is 23.6. The second kappa shape index (κ2) is 10.9. The Kier molecular flexibility index (Phi) is 7.40. The minimum Gasteiger partial charge on any atom is -0.478 e. The van der Waals surface area contributed by atoms with Crippen LogP contribution in [0.2, 0.25) is 0 Å². The van der Waals surface area contributed by atoms with Gasteiger partial charge in [-0.05, 0) is 105 Å². The summed E-state index contributed by atoms with van der Waals surface area (Å²) in [6.45, 7) is 7.90. The Morgan fingerprint density at radius 3 is 2.38 bits per heavy atom. The lowest BCUT2D eigenvalue weighted by Gasteiger charge is -2.29. The number of anilines is 2. The van der Waals surface area contributed by atoms with Gasteiger partial charge < -0.3 is 25.2 Å². The summed E-state index contributed by atoms with van der Waals surface area (Å²) in [4.78, 5) is 30.2. The van der Waals surface area contributed by atoms with E-state index in [1.807, 2.05) is 69.3 Å². The van der Waals surface area contributed by atoms with Gasteiger partial charge in [-0.3, -0.25) is 9.78 Å². The van der Waals surface area contributed by atoms with Gasteiger partial charge in [0.15, 0.2) is 5.11 Å². The largest absolute Gasteiger partial charge is 0.478 e. The first-order valence-corrected chi connectivity index (χ1v) is 13.5. The van der Waals surface area contributed by atoms with E-state index in [0.717, 1.165) is 45.3 Å². The molecule has 1 saturated heterocycles. The molecule has 0 radical (unpaired) electrons. The number of pyridine rings is 1. The lowest BCUT2D eigenvalue weighted by Crippen LogP contribution is -2.29. The van der Waals surface area contributed by atoms with Crippen LogP contribution in [0.4, 0.5) is 11.4 Å². The van der Waals surface area contributed by atoms with Crippen molar-refractivity contribution in [1.82, 2.24) is 14.9 Å². The first-order chi connectivity index (χ1) is 19.2. The number of rotatable bonds is 7. The van der Waals surface area contributed by atoms with Crippen molar-refractivity contribution in [3.05, 3.63) is 107 Å². The van der Waals surface area contributed by atoms with Gasteiger partial charge in [0.2, 0.25) is 5.91 Å². The molecule has 1 fully saturated rings. The van der Waals surface area contributed by atoms with Gasteiger partial charge in [-0.2, -0.15) is 0 Å². The number of carbonyl (C=O) groups excluding carboxylic acids is 1. The fraction of sp³-hybridized carbons (Fsp3) is 0.226. The maximum Gasteiger partial charge on any atom is 0.335 e. The predicted octanol–water partition coefficient (Wildman–Crippen LogP) is 6.02. The van der Waals surface area contributed by atoms with Crippen molar-refractivity contribution in [3.8, 4) is 5.69 Å². The number of aromatic nitrogens is 2. The van der Waals surface area contributed by atoms with Crippen LogP contribution in [0, 0.1) is 20.8 Å². The molecule has 4 aromatic rings. The first-order valence-electron chi connectivity index (χ1n) is 13.1. The monoisotopic (exact) mass is 553 g/mol. The molecular formula is C31H31N5O3S. The van der Waals surface area contributed by atoms with Crippen molar-refractivity contribution >= 4 is 40.6 Å². The normalized spacial score (nSPS) is 16.6. The number of carbonyl (C=O) groups is 2. The van der Waals surface area contributed by atoms with Crippen LogP contribution in [-0.2, 0) is 4.79 Å². The molecule has 5 rings (SSSR count). The van der Waals surface area contributed by atoms with Crippen LogP contribution in [0.15, 0.2) is 72.9 Å². The summed E-state index contributed by atoms with van der Waals surface area (Å²) < 4.78 is 2.13. The number of carboxylic acid groups (broad SMARTS) is 1. The molecule has 0 saturated carbocycles. The SMILES string of the molecule is CCC(=O)Nc1ccc(N2C(=S)N[C@H](c3ccccn3)[C@@H]2c2cc(C)n(-c3ccc(C(=O)O)cc3)c2C)cc1C. The van der Waals surface area contributed by atoms with E-state index in [1.165, 1.54) is 0 Å². The quantitative estimate of drug-likeness (QED) is 0.241. The molecule has 2 aromatic heterocycles. The highest BCUT2D eigenvalue weighted by atomic mass is 32.1. The minimum atomic E-state index is -0.955. The number of hydrogen-bond donors (Lipinski definition) is 3. The maximum atomic E-state index is 12.0. The Balaban J connectivity index is 1.62. The van der Waals surface area contributed by atoms with Gasteiger partial charge in [0, 0.05) is 41.1 Å². The third kappa shape index (κ3) is 4.96. The molecule has 3 N–H and O–H groups in total. The Morgan fingerprint density at radius 2 is 1.75 bits per heavy atom. The molecule has 3 heterocycles. The molecule has 0 unspecified atom stereocenters. The molecule has 1 aliphatic rings. The third-order valence-electron chi connectivity index (χ3n) is 7.34. The summed E-state index contributed by atoms with van der Waals surface area (Å²) in [6.07, 6.45) is 2.19. The number of hydrogen-bond acceptors (Lipinski definition) is 4. The van der Waals surface area contributed by atoms with Crippen LogP contribution >= 0.6 is 12.2 Å². The van der Waals surface area contributed by atoms with Gasteiger partial charge in [-0.25, -0.2) is 4.79 Å². The summed E-state index contributed by atoms with van der Waals surface area (Å²) in [6, 6.07) is 20.4. The molecule has 0 spiro atoms. The zero-order valence-electron chi connectivity index (χ0n) is 22.8. The molecule has 204 valence electrons. The second-order valence-electron chi connectivity index (χ2n) is 9.91. The lowest BCUT2D eigenvalue weighted by atomic mass is 9.96. The van der Waals surface area contributed by atoms with Gasteiger partial charge in [-0.15, -0.1) is 0 Å². The standard InChI is InChI=1S/C31H31N5O3S/c1-5-27(37)33-25-14-13-23(16-18(25)2)36-29(28(34-31(36)40)26-8-6-7-15-32-26)24-17-19(3)35(20(24)4)22-11-9-21(10-12-22)30(38)39/h6-17,28-29H,5H2,1-4H3,(H,33,37)(H,34,40)(H,38,39)/t28-,29+/m1/s1. The van der Waals surface area contributed by atoms with Crippen molar-refractivity contribution in [2.75, 3.05) is 10.2 Å². The number of aryl methyl sites for hydroxylation is 2. The number of carboxylic acids is 1. The maximum absolute atomic E-state index is 12.0. The van der Waals surface area contributed by atoms with Crippen LogP contribution in [0.5, 0.6) is 0 Å². The Labute approximate surface area is 238 Å². The number of benzene rings is 2. The molecule has 0 bridgehead atoms. The van der Waals surface area contributed by atoms with Crippen molar-refractivity contribution in [1.29, 1.82) is 0 Å². The summed E-state index contributed by atoms with van der Waals surface area (Å²) in [5.41, 5.74) is 7.72. The number of amides is 1. The highest BCUT2D eigenvalue weighted by Crippen LogP contribution is 2.44. The number of nitrogens with zero attached hydrogens (tertiary/aromatic N) is 3. The van der Waals surface area contributed by atoms with Gasteiger partial charge in [0.1, 0.15) is 0 Å². The Hall–Kier alpha value is -4.50. The summed E-state index contributed by atoms with van der Waals surface area (Å²) in [5, 5.41) is 16.4. The minimum absolute atomic E-state index is 0.0360. The summed E-state index contributed by atoms with van der Waals surface area (Å²) >= 11 is 5.91. The van der Waals surface area contributed by atoms with E-state index in [4.69, 9.17) is 12.2 Å². The Bertz CT molecular complexity index is 1600. The average Bonchev–Trinajstić information content (AvgIpc) is 3.44. The Morgan fingerprint density at radius 1 is 1.02 bits per heavy atom. The van der Waals surface area contributed by atoms with E-state index in [2.05, 4.69) is 38.1 Å². The fourth-order valence-electron chi connectivity index (χ4n) is 5.36. The van der Waals surface area contributed by atoms with E-state index in [9.17, 15) is 14.7 Å². The summed E-state index contributed by atoms with van der Waals surface area (Å²) in [5.74, 6) is -0.991. The van der Waals surface area contributed by atoms with E-state index >= 15 is 0 Å². The van der Waals surface area contributed by atoms with Gasteiger partial charge in [-0.1, -0.05) is 13.0 Å². The molecule has 1 amide bonds. The molecular weight excluding hydrogens is 522 g/mol. The van der Waals surface area contributed by atoms with Crippen LogP contribution in [0.3, 0.4) is 0 Å². The molecule has 1 aliphatic heterocycles. The van der Waals surface area contributed by atoms with Gasteiger partial charge >= 0.3 is 5.97 Å². The van der Waals surface area contributed by atoms with Crippen molar-refractivity contribution in [2.45, 2.75) is 46.2 Å². The van der Waals surface area contributed by atoms with E-state index in [0.29, 0.717) is 11.5 Å². The van der Waals surface area contributed by atoms with E-state index < -0.39 is 5.97 Å². The molecule has 40 heavy (non-hydrogen) atoms. The molecule has 2 aromatic carbocycles. The fourth-order valence-corrected chi connectivity index (χ4v) is 5.71. The van der Waals surface area contributed by atoms with Crippen molar-refractivity contribution in [2.24, 2.45) is 0 Å². The number of thiocarbonyl (C=S) groups is 1. The van der Waals surface area contributed by atoms with Gasteiger partial charge in [0.05, 0.1) is 23.3 Å². The second-order valence-corrected chi connectivity index (χ2v) is 10.3. The molecule has 0 aliphatic carbocycles. The summed E-state index contributed by atoms with van der Waals surface area (Å²) in [7, 11) is 0. The van der Waals surface area contributed by atoms with Crippen LogP contribution < -0.4 is 15.5 Å². The van der Waals surface area contributed by atoms with Crippen molar-refractivity contribution in [3.63, 3.8) is 0 Å². The topological polar surface area (TPSA) is 99.5 Å². The van der Waals surface area contributed by atoms with Gasteiger partial charge in [0.25, 0.3) is 0 Å². The zero-order chi connectivity index (χ0) is 28.6. The van der Waals surface area contributed by atoms with Crippen LogP contribution in [0.1, 0.15) is 64.0 Å². The first kappa shape index (κ1) is 27.1. The van der Waals surface area contributed by atoms with Crippen LogP contribution in [-0.4, -0.2) is 31.6 Å². The smallest absolute Gasteiger partial charge is 0.335 e. The van der Waals surface area contributed by atoms with Crippen molar-refractivity contribution < 1.29 is 14.7 Å². The van der Waals surface area contributed by atoms with E-state index in [-0.39, 0.29) is 23.6 Å². The molecule has 8 nitrogen and oxygen atoms in total. The lowest BCUT2D eigenvalue weighted by molar-refractivity contribution is -0.115. The highest BCUT2D eigenvalue weighted by Gasteiger charge is 2.42. The molecule has 9 heteroatoms. The highest BCUT2D eigenvalue weighted by molar-refractivity contribution is 7.80. The predicted molar refractivity (Wildman–Crippen MR) is 160 cm³/mol. The number of nitrogens with one attached hydrogen (secondary N) is 2.